The summed E-state index contributed by atoms with van der Waals surface area (Å²) in [5.74, 6) is -1.97. The topological polar surface area (TPSA) is 249 Å². The molecule has 9 atom stereocenters. The summed E-state index contributed by atoms with van der Waals surface area (Å²) in [7, 11) is 0. The molecule has 2 aliphatic rings. The van der Waals surface area contributed by atoms with Crippen LogP contribution in [0.1, 0.15) is 0 Å². The van der Waals surface area contributed by atoms with Gasteiger partial charge >= 0.3 is 0 Å². The molecule has 2 saturated heterocycles. The minimum Gasteiger partial charge on any atom is -0.508 e. The van der Waals surface area contributed by atoms with Gasteiger partial charge in [0, 0.05) is 17.7 Å². The standard InChI is InChI=1S/C26H28O15/c27-7-15-23(40-25-20(35)17(32)13(31)8-37-25)19(34)21(36)26(39-15)41-24-18(33)16-12(30)5-11(29)6-14(16)38-22(24)9-1-3-10(28)4-2-9/h1-6,13,15,17,19-21,23,25-32,34-36H,7-8H2. The van der Waals surface area contributed by atoms with E-state index in [-0.39, 0.29) is 28.0 Å². The highest BCUT2D eigenvalue weighted by atomic mass is 16.7. The number of aromatic hydroxyl groups is 3. The highest BCUT2D eigenvalue weighted by Crippen LogP contribution is 2.38. The van der Waals surface area contributed by atoms with E-state index in [1.54, 1.807) is 0 Å². The number of phenols is 3. The molecule has 222 valence electrons. The Bertz CT molecular complexity index is 1440. The fourth-order valence-corrected chi connectivity index (χ4v) is 4.67. The summed E-state index contributed by atoms with van der Waals surface area (Å²) in [6, 6.07) is 7.33. The summed E-state index contributed by atoms with van der Waals surface area (Å²) in [6.45, 7) is -1.22. The van der Waals surface area contributed by atoms with Crippen molar-refractivity contribution < 1.29 is 69.3 Å². The van der Waals surface area contributed by atoms with E-state index in [1.165, 1.54) is 24.3 Å². The molecular formula is C26H28O15. The molecule has 0 spiro atoms. The van der Waals surface area contributed by atoms with Crippen molar-refractivity contribution in [3.63, 3.8) is 0 Å². The molecule has 0 amide bonds. The van der Waals surface area contributed by atoms with Crippen LogP contribution in [0.25, 0.3) is 22.3 Å². The zero-order chi connectivity index (χ0) is 29.6. The number of rotatable bonds is 6. The van der Waals surface area contributed by atoms with Crippen molar-refractivity contribution >= 4 is 11.0 Å². The molecule has 5 rings (SSSR count). The fraction of sp³-hybridized carbons (Fsp3) is 0.423. The molecule has 2 aliphatic heterocycles. The first kappa shape index (κ1) is 29.0. The van der Waals surface area contributed by atoms with Gasteiger partial charge in [-0.05, 0) is 24.3 Å². The van der Waals surface area contributed by atoms with Gasteiger partial charge < -0.3 is 69.3 Å². The van der Waals surface area contributed by atoms with E-state index in [0.29, 0.717) is 0 Å². The Balaban J connectivity index is 1.48. The van der Waals surface area contributed by atoms with Crippen molar-refractivity contribution in [2.75, 3.05) is 13.2 Å². The number of phenolic OH excluding ortho intramolecular Hbond substituents is 3. The minimum absolute atomic E-state index is 0.102. The van der Waals surface area contributed by atoms with Gasteiger partial charge in [0.25, 0.3) is 0 Å². The van der Waals surface area contributed by atoms with Gasteiger partial charge in [0.15, 0.2) is 12.1 Å². The summed E-state index contributed by atoms with van der Waals surface area (Å²) in [5.41, 5.74) is -0.954. The molecule has 2 fully saturated rings. The van der Waals surface area contributed by atoms with Crippen LogP contribution in [0.4, 0.5) is 0 Å². The number of fused-ring (bicyclic) bond motifs is 1. The van der Waals surface area contributed by atoms with E-state index in [2.05, 4.69) is 0 Å². The first-order valence-corrected chi connectivity index (χ1v) is 12.4. The van der Waals surface area contributed by atoms with Gasteiger partial charge in [-0.15, -0.1) is 0 Å². The smallest absolute Gasteiger partial charge is 0.239 e. The van der Waals surface area contributed by atoms with Crippen LogP contribution in [0.3, 0.4) is 0 Å². The molecule has 9 unspecified atom stereocenters. The number of hydrogen-bond acceptors (Lipinski definition) is 15. The molecule has 15 heteroatoms. The van der Waals surface area contributed by atoms with E-state index in [1.807, 2.05) is 0 Å². The van der Waals surface area contributed by atoms with Gasteiger partial charge in [-0.3, -0.25) is 4.79 Å². The highest BCUT2D eigenvalue weighted by molar-refractivity contribution is 5.88. The lowest BCUT2D eigenvalue weighted by Crippen LogP contribution is -2.63. The van der Waals surface area contributed by atoms with Crippen molar-refractivity contribution in [2.45, 2.75) is 55.3 Å². The van der Waals surface area contributed by atoms with Gasteiger partial charge in [0.05, 0.1) is 13.2 Å². The first-order valence-electron chi connectivity index (χ1n) is 12.4. The Hall–Kier alpha value is -3.51. The van der Waals surface area contributed by atoms with Gasteiger partial charge in [0.2, 0.25) is 17.5 Å². The fourth-order valence-electron chi connectivity index (χ4n) is 4.67. The van der Waals surface area contributed by atoms with Crippen molar-refractivity contribution in [1.29, 1.82) is 0 Å². The Kier molecular flexibility index (Phi) is 8.06. The van der Waals surface area contributed by atoms with Crippen LogP contribution in [0.2, 0.25) is 0 Å². The van der Waals surface area contributed by atoms with Crippen LogP contribution in [0.15, 0.2) is 45.6 Å². The lowest BCUT2D eigenvalue weighted by molar-refractivity contribution is -0.339. The SMILES string of the molecule is O=c1c(OC2OC(CO)C(OC3OCC(O)C(O)C3O)C(O)C2O)c(-c2ccc(O)cc2)oc2cc(O)cc(O)c12. The summed E-state index contributed by atoms with van der Waals surface area (Å²) in [5, 5.41) is 90.9. The zero-order valence-electron chi connectivity index (χ0n) is 21.0. The monoisotopic (exact) mass is 580 g/mol. The minimum atomic E-state index is -1.93. The Labute approximate surface area is 230 Å². The summed E-state index contributed by atoms with van der Waals surface area (Å²) < 4.78 is 27.8. The number of aliphatic hydroxyl groups excluding tert-OH is 6. The van der Waals surface area contributed by atoms with Crippen LogP contribution in [0, 0.1) is 0 Å². The Morgan fingerprint density at radius 2 is 1.54 bits per heavy atom. The van der Waals surface area contributed by atoms with Gasteiger partial charge in [-0.1, -0.05) is 0 Å². The van der Waals surface area contributed by atoms with Crippen LogP contribution in [-0.4, -0.2) is 114 Å². The van der Waals surface area contributed by atoms with E-state index < -0.39 is 91.2 Å². The summed E-state index contributed by atoms with van der Waals surface area (Å²) in [4.78, 5) is 13.5. The Morgan fingerprint density at radius 1 is 0.854 bits per heavy atom. The average molecular weight is 580 g/mol. The predicted octanol–water partition coefficient (Wildman–Crippen LogP) is -1.78. The third-order valence-electron chi connectivity index (χ3n) is 6.85. The maximum absolute atomic E-state index is 13.5. The van der Waals surface area contributed by atoms with Gasteiger partial charge in [-0.2, -0.15) is 0 Å². The summed E-state index contributed by atoms with van der Waals surface area (Å²) in [6.07, 6.45) is -14.9. The molecule has 41 heavy (non-hydrogen) atoms. The van der Waals surface area contributed by atoms with Crippen LogP contribution in [-0.2, 0) is 14.2 Å². The number of hydrogen-bond donors (Lipinski definition) is 9. The average Bonchev–Trinajstić information content (AvgIpc) is 2.93. The maximum atomic E-state index is 13.5. The van der Waals surface area contributed by atoms with E-state index >= 15 is 0 Å². The number of benzene rings is 2. The highest BCUT2D eigenvalue weighted by Gasteiger charge is 2.50. The molecule has 9 N–H and O–H groups in total. The third kappa shape index (κ3) is 5.42. The molecule has 15 nitrogen and oxygen atoms in total. The second-order valence-corrected chi connectivity index (χ2v) is 9.65. The zero-order valence-corrected chi connectivity index (χ0v) is 21.0. The predicted molar refractivity (Wildman–Crippen MR) is 134 cm³/mol. The first-order chi connectivity index (χ1) is 19.5. The summed E-state index contributed by atoms with van der Waals surface area (Å²) >= 11 is 0. The molecule has 0 radical (unpaired) electrons. The number of aliphatic hydroxyl groups is 6. The lowest BCUT2D eigenvalue weighted by Gasteiger charge is -2.44. The lowest BCUT2D eigenvalue weighted by atomic mass is 9.98. The number of ether oxygens (including phenoxy) is 4. The van der Waals surface area contributed by atoms with Gasteiger partial charge in [0.1, 0.15) is 70.9 Å². The molecule has 3 heterocycles. The molecular weight excluding hydrogens is 552 g/mol. The molecule has 1 aromatic heterocycles. The second kappa shape index (κ2) is 11.4. The van der Waals surface area contributed by atoms with Gasteiger partial charge in [-0.25, -0.2) is 0 Å². The normalized spacial score (nSPS) is 32.2. The van der Waals surface area contributed by atoms with Crippen LogP contribution in [0.5, 0.6) is 23.0 Å². The largest absolute Gasteiger partial charge is 0.508 e. The third-order valence-corrected chi connectivity index (χ3v) is 6.85. The van der Waals surface area contributed by atoms with E-state index in [4.69, 9.17) is 23.4 Å². The van der Waals surface area contributed by atoms with Crippen LogP contribution >= 0.6 is 0 Å². The van der Waals surface area contributed by atoms with Crippen molar-refractivity contribution in [3.8, 4) is 34.3 Å². The van der Waals surface area contributed by atoms with E-state index in [0.717, 1.165) is 12.1 Å². The Morgan fingerprint density at radius 3 is 2.22 bits per heavy atom. The maximum Gasteiger partial charge on any atom is 0.239 e. The quantitative estimate of drug-likeness (QED) is 0.156. The van der Waals surface area contributed by atoms with Crippen molar-refractivity contribution in [3.05, 3.63) is 46.6 Å². The molecule has 0 aliphatic carbocycles. The molecule has 3 aromatic rings. The molecule has 2 aromatic carbocycles. The van der Waals surface area contributed by atoms with E-state index in [9.17, 15) is 50.8 Å². The van der Waals surface area contributed by atoms with Crippen molar-refractivity contribution in [1.82, 2.24) is 0 Å². The second-order valence-electron chi connectivity index (χ2n) is 9.65. The molecule has 0 saturated carbocycles. The van der Waals surface area contributed by atoms with Crippen molar-refractivity contribution in [2.24, 2.45) is 0 Å². The molecule has 0 bridgehead atoms. The van der Waals surface area contributed by atoms with Crippen LogP contribution < -0.4 is 10.2 Å².